The molecule has 4 aliphatic rings. The van der Waals surface area contributed by atoms with Crippen LogP contribution >= 0.6 is 0 Å². The highest BCUT2D eigenvalue weighted by atomic mass is 16.6. The Kier molecular flexibility index (Phi) is 3.62. The van der Waals surface area contributed by atoms with E-state index in [0.29, 0.717) is 16.8 Å². The van der Waals surface area contributed by atoms with Crippen molar-refractivity contribution in [2.45, 2.75) is 25.3 Å². The lowest BCUT2D eigenvalue weighted by molar-refractivity contribution is -0.578. The van der Waals surface area contributed by atoms with E-state index in [1.807, 2.05) is 56.3 Å². The van der Waals surface area contributed by atoms with E-state index >= 15 is 0 Å². The molecule has 32 heavy (non-hydrogen) atoms. The quantitative estimate of drug-likeness (QED) is 0.353. The third kappa shape index (κ3) is 2.00. The van der Waals surface area contributed by atoms with Gasteiger partial charge in [-0.15, -0.1) is 0 Å². The van der Waals surface area contributed by atoms with Gasteiger partial charge < -0.3 is 0 Å². The van der Waals surface area contributed by atoms with Crippen LogP contribution in [-0.2, 0) is 15.1 Å². The van der Waals surface area contributed by atoms with Crippen LogP contribution in [0.4, 0.5) is 5.69 Å². The molecule has 0 saturated carbocycles. The highest BCUT2D eigenvalue weighted by Crippen LogP contribution is 2.64. The zero-order chi connectivity index (χ0) is 22.4. The average Bonchev–Trinajstić information content (AvgIpc) is 3.06. The largest absolute Gasteiger partial charge is 0.285 e. The molecule has 0 spiro atoms. The van der Waals surface area contributed by atoms with Gasteiger partial charge in [0.2, 0.25) is 11.8 Å². The van der Waals surface area contributed by atoms with Crippen LogP contribution in [0.5, 0.6) is 0 Å². The second-order valence-corrected chi connectivity index (χ2v) is 8.98. The molecule has 0 aromatic heterocycles. The van der Waals surface area contributed by atoms with Gasteiger partial charge in [-0.2, -0.15) is 0 Å². The van der Waals surface area contributed by atoms with E-state index in [4.69, 9.17) is 0 Å². The molecule has 0 N–H and O–H groups in total. The Bertz CT molecular complexity index is 1310. The lowest BCUT2D eigenvalue weighted by Gasteiger charge is -2.48. The molecule has 0 radical (unpaired) electrons. The molecule has 3 aromatic carbocycles. The molecule has 1 aliphatic heterocycles. The number of carbonyl (C=O) groups excluding carboxylic acids is 2. The maximum absolute atomic E-state index is 13.9. The van der Waals surface area contributed by atoms with E-state index in [1.54, 1.807) is 24.3 Å². The molecule has 1 heterocycles. The van der Waals surface area contributed by atoms with Crippen molar-refractivity contribution >= 4 is 17.5 Å². The molecule has 6 nitrogen and oxygen atoms in total. The zero-order valence-electron chi connectivity index (χ0n) is 17.6. The summed E-state index contributed by atoms with van der Waals surface area (Å²) in [4.78, 5) is 41.6. The minimum Gasteiger partial charge on any atom is -0.274 e. The molecule has 2 atom stereocenters. The molecule has 2 bridgehead atoms. The molecule has 3 aromatic rings. The van der Waals surface area contributed by atoms with E-state index < -0.39 is 23.3 Å². The number of imide groups is 1. The average molecular weight is 424 g/mol. The van der Waals surface area contributed by atoms with Crippen molar-refractivity contribution in [3.63, 3.8) is 0 Å². The maximum Gasteiger partial charge on any atom is 0.285 e. The molecule has 1 fully saturated rings. The summed E-state index contributed by atoms with van der Waals surface area (Å²) in [7, 11) is 0. The number of benzene rings is 3. The van der Waals surface area contributed by atoms with E-state index in [2.05, 4.69) is 0 Å². The molecule has 7 rings (SSSR count). The first-order valence-electron chi connectivity index (χ1n) is 10.7. The Morgan fingerprint density at radius 2 is 1.47 bits per heavy atom. The number of hydrogen-bond donors (Lipinski definition) is 0. The SMILES string of the molecule is Cc1ccc(C)c(N2C(=O)C3C4c5ccccc5C([N+](=O)[O-])(c5ccccc54)C3C2=O)c1. The van der Waals surface area contributed by atoms with Crippen LogP contribution in [-0.4, -0.2) is 16.7 Å². The summed E-state index contributed by atoms with van der Waals surface area (Å²) in [5.74, 6) is -3.12. The molecule has 2 unspecified atom stereocenters. The highest BCUT2D eigenvalue weighted by molar-refractivity contribution is 6.24. The van der Waals surface area contributed by atoms with Crippen molar-refractivity contribution in [1.82, 2.24) is 0 Å². The first-order chi connectivity index (χ1) is 15.4. The van der Waals surface area contributed by atoms with Crippen molar-refractivity contribution < 1.29 is 14.5 Å². The molecule has 158 valence electrons. The summed E-state index contributed by atoms with van der Waals surface area (Å²) >= 11 is 0. The Labute approximate surface area is 184 Å². The minimum absolute atomic E-state index is 0.338. The molecule has 2 amide bonds. The second-order valence-electron chi connectivity index (χ2n) is 8.98. The van der Waals surface area contributed by atoms with Crippen LogP contribution in [0.15, 0.2) is 66.7 Å². The predicted octanol–water partition coefficient (Wildman–Crippen LogP) is 4.09. The van der Waals surface area contributed by atoms with Gasteiger partial charge in [0.1, 0.15) is 5.92 Å². The second kappa shape index (κ2) is 6.13. The van der Waals surface area contributed by atoms with Crippen LogP contribution in [0.1, 0.15) is 39.3 Å². The third-order valence-corrected chi connectivity index (χ3v) is 7.47. The highest BCUT2D eigenvalue weighted by Gasteiger charge is 2.74. The number of hydrogen-bond acceptors (Lipinski definition) is 4. The van der Waals surface area contributed by atoms with Crippen molar-refractivity contribution in [3.8, 4) is 0 Å². The van der Waals surface area contributed by atoms with Gasteiger partial charge in [0, 0.05) is 22.0 Å². The Balaban J connectivity index is 1.68. The monoisotopic (exact) mass is 424 g/mol. The number of aryl methyl sites for hydroxylation is 2. The van der Waals surface area contributed by atoms with Crippen molar-refractivity contribution in [3.05, 3.63) is 110 Å². The first kappa shape index (κ1) is 18.9. The zero-order valence-corrected chi connectivity index (χ0v) is 17.6. The van der Waals surface area contributed by atoms with E-state index in [0.717, 1.165) is 22.3 Å². The number of rotatable bonds is 2. The fourth-order valence-electron chi connectivity index (χ4n) is 6.24. The number of nitrogens with zero attached hydrogens (tertiary/aromatic N) is 2. The van der Waals surface area contributed by atoms with Crippen LogP contribution in [0.3, 0.4) is 0 Å². The van der Waals surface area contributed by atoms with Gasteiger partial charge in [-0.05, 0) is 42.2 Å². The van der Waals surface area contributed by atoms with Gasteiger partial charge in [0.25, 0.3) is 5.54 Å². The molecular formula is C26H20N2O4. The van der Waals surface area contributed by atoms with Gasteiger partial charge in [-0.3, -0.25) is 19.7 Å². The topological polar surface area (TPSA) is 80.5 Å². The summed E-state index contributed by atoms with van der Waals surface area (Å²) in [5, 5.41) is 12.9. The van der Waals surface area contributed by atoms with Gasteiger partial charge in [0.05, 0.1) is 11.6 Å². The van der Waals surface area contributed by atoms with Crippen LogP contribution in [0.2, 0.25) is 0 Å². The third-order valence-electron chi connectivity index (χ3n) is 7.47. The fourth-order valence-corrected chi connectivity index (χ4v) is 6.24. The molecule has 6 heteroatoms. The first-order valence-corrected chi connectivity index (χ1v) is 10.7. The number of anilines is 1. The molecule has 1 saturated heterocycles. The Morgan fingerprint density at radius 1 is 0.875 bits per heavy atom. The van der Waals surface area contributed by atoms with E-state index in [-0.39, 0.29) is 16.7 Å². The summed E-state index contributed by atoms with van der Waals surface area (Å²) in [6, 6.07) is 20.0. The van der Waals surface area contributed by atoms with Gasteiger partial charge >= 0.3 is 0 Å². The number of carbonyl (C=O) groups is 2. The van der Waals surface area contributed by atoms with Gasteiger partial charge in [-0.25, -0.2) is 4.90 Å². The Morgan fingerprint density at radius 3 is 2.06 bits per heavy atom. The fraction of sp³-hybridized carbons (Fsp3) is 0.231. The number of amides is 2. The smallest absolute Gasteiger partial charge is 0.274 e. The predicted molar refractivity (Wildman–Crippen MR) is 118 cm³/mol. The molecule has 3 aliphatic carbocycles. The maximum atomic E-state index is 13.9. The Hall–Kier alpha value is -3.80. The number of nitro groups is 1. The van der Waals surface area contributed by atoms with Gasteiger partial charge in [-0.1, -0.05) is 60.7 Å². The van der Waals surface area contributed by atoms with Crippen molar-refractivity contribution in [1.29, 1.82) is 0 Å². The van der Waals surface area contributed by atoms with E-state index in [9.17, 15) is 19.7 Å². The van der Waals surface area contributed by atoms with Gasteiger partial charge in [0.15, 0.2) is 0 Å². The molecular weight excluding hydrogens is 404 g/mol. The normalized spacial score (nSPS) is 27.2. The van der Waals surface area contributed by atoms with Crippen LogP contribution in [0, 0.1) is 35.8 Å². The summed E-state index contributed by atoms with van der Waals surface area (Å²) in [6.07, 6.45) is 0. The van der Waals surface area contributed by atoms with Crippen LogP contribution < -0.4 is 4.90 Å². The lowest BCUT2D eigenvalue weighted by atomic mass is 9.51. The summed E-state index contributed by atoms with van der Waals surface area (Å²) in [5.41, 5.74) is 3.03. The van der Waals surface area contributed by atoms with E-state index in [1.165, 1.54) is 4.90 Å². The van der Waals surface area contributed by atoms with Crippen LogP contribution in [0.25, 0.3) is 0 Å². The minimum atomic E-state index is -1.79. The summed E-state index contributed by atoms with van der Waals surface area (Å²) < 4.78 is 0. The standard InChI is InChI=1S/C26H20N2O4/c1-14-11-12-15(2)20(13-14)27-24(29)22-21-16-7-3-5-9-18(16)26(28(31)32,23(22)25(27)30)19-10-6-4-8-17(19)21/h3-13,21-23H,1-2H3. The van der Waals surface area contributed by atoms with Crippen molar-refractivity contribution in [2.24, 2.45) is 11.8 Å². The summed E-state index contributed by atoms with van der Waals surface area (Å²) in [6.45, 7) is 3.74. The lowest BCUT2D eigenvalue weighted by Crippen LogP contribution is -2.57. The van der Waals surface area contributed by atoms with Crippen molar-refractivity contribution in [2.75, 3.05) is 4.90 Å².